The summed E-state index contributed by atoms with van der Waals surface area (Å²) >= 11 is 0. The molecule has 24 heavy (non-hydrogen) atoms. The first-order chi connectivity index (χ1) is 11.3. The number of halogens is 3. The second kappa shape index (κ2) is 6.48. The summed E-state index contributed by atoms with van der Waals surface area (Å²) in [5.41, 5.74) is 3.56. The van der Waals surface area contributed by atoms with E-state index in [4.69, 9.17) is 0 Å². The van der Waals surface area contributed by atoms with E-state index in [0.717, 1.165) is 42.5 Å². The third kappa shape index (κ3) is 3.73. The Kier molecular flexibility index (Phi) is 4.54. The van der Waals surface area contributed by atoms with E-state index >= 15 is 0 Å². The molecule has 0 aromatic heterocycles. The molecule has 128 valence electrons. The van der Waals surface area contributed by atoms with Crippen molar-refractivity contribution in [2.45, 2.75) is 38.5 Å². The number of aromatic hydroxyl groups is 1. The summed E-state index contributed by atoms with van der Waals surface area (Å²) in [6.45, 7) is 1.08. The highest BCUT2D eigenvalue weighted by molar-refractivity contribution is 5.44. The molecule has 1 aliphatic carbocycles. The van der Waals surface area contributed by atoms with Gasteiger partial charge < -0.3 is 5.11 Å². The molecular formula is C19H20F3NO. The Balaban J connectivity index is 1.67. The maximum atomic E-state index is 12.6. The summed E-state index contributed by atoms with van der Waals surface area (Å²) in [6, 6.07) is 9.13. The van der Waals surface area contributed by atoms with Crippen LogP contribution in [0.3, 0.4) is 0 Å². The molecule has 0 aliphatic heterocycles. The van der Waals surface area contributed by atoms with Crippen molar-refractivity contribution in [1.29, 1.82) is 0 Å². The summed E-state index contributed by atoms with van der Waals surface area (Å²) in [5.74, 6) is 0.301. The van der Waals surface area contributed by atoms with Gasteiger partial charge >= 0.3 is 6.18 Å². The number of hydrogen-bond acceptors (Lipinski definition) is 2. The lowest BCUT2D eigenvalue weighted by Gasteiger charge is -2.19. The fraction of sp³-hybridized carbons (Fsp3) is 0.368. The molecule has 0 atom stereocenters. The van der Waals surface area contributed by atoms with Crippen molar-refractivity contribution < 1.29 is 18.3 Å². The van der Waals surface area contributed by atoms with E-state index in [-0.39, 0.29) is 0 Å². The average molecular weight is 335 g/mol. The number of aryl methyl sites for hydroxylation is 2. The minimum absolute atomic E-state index is 0.301. The van der Waals surface area contributed by atoms with Gasteiger partial charge in [0.15, 0.2) is 0 Å². The molecule has 1 N–H and O–H groups in total. The molecule has 0 fully saturated rings. The molecular weight excluding hydrogens is 315 g/mol. The van der Waals surface area contributed by atoms with Crippen LogP contribution in [0.5, 0.6) is 5.75 Å². The van der Waals surface area contributed by atoms with Crippen LogP contribution in [0.4, 0.5) is 13.2 Å². The molecule has 5 heteroatoms. The highest BCUT2D eigenvalue weighted by Crippen LogP contribution is 2.31. The highest BCUT2D eigenvalue weighted by Gasteiger charge is 2.29. The van der Waals surface area contributed by atoms with Crippen LogP contribution in [0, 0.1) is 0 Å². The quantitative estimate of drug-likeness (QED) is 0.887. The smallest absolute Gasteiger partial charge is 0.416 e. The molecule has 0 unspecified atom stereocenters. The van der Waals surface area contributed by atoms with Gasteiger partial charge in [-0.1, -0.05) is 18.2 Å². The molecule has 0 amide bonds. The zero-order valence-corrected chi connectivity index (χ0v) is 13.5. The highest BCUT2D eigenvalue weighted by atomic mass is 19.4. The zero-order valence-electron chi connectivity index (χ0n) is 13.5. The molecule has 2 aromatic carbocycles. The monoisotopic (exact) mass is 335 g/mol. The molecule has 3 rings (SSSR count). The topological polar surface area (TPSA) is 23.5 Å². The van der Waals surface area contributed by atoms with Gasteiger partial charge in [-0.3, -0.25) is 4.90 Å². The Morgan fingerprint density at radius 2 is 1.62 bits per heavy atom. The van der Waals surface area contributed by atoms with Crippen molar-refractivity contribution in [2.75, 3.05) is 7.05 Å². The molecule has 2 nitrogen and oxygen atoms in total. The molecule has 0 radical (unpaired) electrons. The van der Waals surface area contributed by atoms with E-state index in [0.29, 0.717) is 18.8 Å². The third-order valence-electron chi connectivity index (χ3n) is 4.47. The Labute approximate surface area is 139 Å². The van der Waals surface area contributed by atoms with Crippen LogP contribution in [0.1, 0.15) is 34.2 Å². The predicted octanol–water partition coefficient (Wildman–Crippen LogP) is 4.53. The van der Waals surface area contributed by atoms with Crippen LogP contribution < -0.4 is 0 Å². The van der Waals surface area contributed by atoms with Crippen LogP contribution in [0.15, 0.2) is 36.4 Å². The molecule has 0 spiro atoms. The lowest BCUT2D eigenvalue weighted by atomic mass is 10.0. The van der Waals surface area contributed by atoms with Gasteiger partial charge in [0.1, 0.15) is 5.75 Å². The van der Waals surface area contributed by atoms with Crippen molar-refractivity contribution in [1.82, 2.24) is 4.90 Å². The minimum atomic E-state index is -4.30. The van der Waals surface area contributed by atoms with Gasteiger partial charge in [0.05, 0.1) is 5.56 Å². The number of fused-ring (bicyclic) bond motifs is 1. The Morgan fingerprint density at radius 1 is 1.00 bits per heavy atom. The average Bonchev–Trinajstić information content (AvgIpc) is 2.94. The Morgan fingerprint density at radius 3 is 2.25 bits per heavy atom. The number of hydrogen-bond donors (Lipinski definition) is 1. The molecule has 2 aromatic rings. The van der Waals surface area contributed by atoms with Crippen LogP contribution >= 0.6 is 0 Å². The Hall–Kier alpha value is -2.01. The van der Waals surface area contributed by atoms with Crippen LogP contribution in [-0.2, 0) is 32.1 Å². The van der Waals surface area contributed by atoms with E-state index in [1.165, 1.54) is 23.3 Å². The van der Waals surface area contributed by atoms with Crippen LogP contribution in [-0.4, -0.2) is 17.1 Å². The minimum Gasteiger partial charge on any atom is -0.508 e. The van der Waals surface area contributed by atoms with Gasteiger partial charge in [0.25, 0.3) is 0 Å². The first kappa shape index (κ1) is 16.8. The Bertz CT molecular complexity index is 723. The van der Waals surface area contributed by atoms with Crippen molar-refractivity contribution in [3.63, 3.8) is 0 Å². The zero-order chi connectivity index (χ0) is 17.3. The van der Waals surface area contributed by atoms with Crippen molar-refractivity contribution in [2.24, 2.45) is 0 Å². The van der Waals surface area contributed by atoms with Crippen molar-refractivity contribution in [3.05, 3.63) is 64.2 Å². The van der Waals surface area contributed by atoms with Crippen molar-refractivity contribution in [3.8, 4) is 5.75 Å². The molecule has 0 heterocycles. The summed E-state index contributed by atoms with van der Waals surface area (Å²) in [5, 5.41) is 10.2. The molecule has 0 bridgehead atoms. The van der Waals surface area contributed by atoms with Gasteiger partial charge in [0, 0.05) is 18.7 Å². The van der Waals surface area contributed by atoms with Crippen molar-refractivity contribution >= 4 is 0 Å². The SMILES string of the molecule is CN(Cc1ccc(C(F)(F)F)cc1)Cc1cc2c(cc1O)CCC2. The van der Waals surface area contributed by atoms with E-state index in [2.05, 4.69) is 6.07 Å². The fourth-order valence-electron chi connectivity index (χ4n) is 3.25. The standard InChI is InChI=1S/C19H20F3NO/c1-23(11-13-5-7-17(8-6-13)19(20,21)22)12-16-9-14-3-2-4-15(14)10-18(16)24/h5-10,24H,2-4,11-12H2,1H3. The molecule has 0 saturated carbocycles. The third-order valence-corrected chi connectivity index (χ3v) is 4.47. The fourth-order valence-corrected chi connectivity index (χ4v) is 3.25. The number of phenols is 1. The summed E-state index contributed by atoms with van der Waals surface area (Å²) in [6.07, 6.45) is -1.12. The van der Waals surface area contributed by atoms with Gasteiger partial charge in [-0.25, -0.2) is 0 Å². The number of benzene rings is 2. The first-order valence-corrected chi connectivity index (χ1v) is 8.01. The van der Waals surface area contributed by atoms with Gasteiger partial charge in [-0.15, -0.1) is 0 Å². The molecule has 0 saturated heterocycles. The predicted molar refractivity (Wildman–Crippen MR) is 86.7 cm³/mol. The first-order valence-electron chi connectivity index (χ1n) is 8.01. The van der Waals surface area contributed by atoms with Crippen LogP contribution in [0.25, 0.3) is 0 Å². The van der Waals surface area contributed by atoms with Gasteiger partial charge in [-0.05, 0) is 61.2 Å². The summed E-state index contributed by atoms with van der Waals surface area (Å²) < 4.78 is 37.8. The van der Waals surface area contributed by atoms with Gasteiger partial charge in [0.2, 0.25) is 0 Å². The summed E-state index contributed by atoms with van der Waals surface area (Å²) in [4.78, 5) is 1.99. The van der Waals surface area contributed by atoms with E-state index in [9.17, 15) is 18.3 Å². The van der Waals surface area contributed by atoms with E-state index in [1.54, 1.807) is 0 Å². The lowest BCUT2D eigenvalue weighted by Crippen LogP contribution is -2.17. The van der Waals surface area contributed by atoms with Crippen LogP contribution in [0.2, 0.25) is 0 Å². The maximum Gasteiger partial charge on any atom is 0.416 e. The second-order valence-corrected chi connectivity index (χ2v) is 6.47. The van der Waals surface area contributed by atoms with Gasteiger partial charge in [-0.2, -0.15) is 13.2 Å². The van der Waals surface area contributed by atoms with E-state index in [1.807, 2.05) is 18.0 Å². The number of phenolic OH excluding ortho intramolecular Hbond substituents is 1. The summed E-state index contributed by atoms with van der Waals surface area (Å²) in [7, 11) is 1.89. The number of rotatable bonds is 4. The van der Waals surface area contributed by atoms with E-state index < -0.39 is 11.7 Å². The largest absolute Gasteiger partial charge is 0.508 e. The lowest BCUT2D eigenvalue weighted by molar-refractivity contribution is -0.137. The number of alkyl halides is 3. The normalized spacial score (nSPS) is 14.2. The second-order valence-electron chi connectivity index (χ2n) is 6.47. The molecule has 1 aliphatic rings. The maximum absolute atomic E-state index is 12.6. The number of nitrogens with zero attached hydrogens (tertiary/aromatic N) is 1.